The zero-order chi connectivity index (χ0) is 13.8. The highest BCUT2D eigenvalue weighted by molar-refractivity contribution is 5.48. The molecule has 0 atom stereocenters. The Labute approximate surface area is 109 Å². The molecular weight excluding hydrogens is 248 g/mol. The molecule has 0 saturated carbocycles. The number of ether oxygens (including phenoxy) is 1. The van der Waals surface area contributed by atoms with Gasteiger partial charge in [-0.25, -0.2) is 4.98 Å². The van der Waals surface area contributed by atoms with E-state index in [0.717, 1.165) is 11.4 Å². The highest BCUT2D eigenvalue weighted by Crippen LogP contribution is 2.27. The third-order valence-electron chi connectivity index (χ3n) is 2.78. The molecular formula is C12H14N4O3. The molecule has 2 aromatic rings. The Morgan fingerprint density at radius 1 is 1.53 bits per heavy atom. The van der Waals surface area contributed by atoms with Gasteiger partial charge in [0.25, 0.3) is 0 Å². The van der Waals surface area contributed by atoms with Gasteiger partial charge in [0.15, 0.2) is 5.75 Å². The predicted octanol–water partition coefficient (Wildman–Crippen LogP) is 1.31. The van der Waals surface area contributed by atoms with Crippen molar-refractivity contribution < 1.29 is 9.66 Å². The fraction of sp³-hybridized carbons (Fsp3) is 0.250. The number of imidazole rings is 1. The van der Waals surface area contributed by atoms with Crippen LogP contribution in [0.2, 0.25) is 0 Å². The van der Waals surface area contributed by atoms with Gasteiger partial charge in [0, 0.05) is 25.0 Å². The van der Waals surface area contributed by atoms with Crippen molar-refractivity contribution in [3.05, 3.63) is 52.1 Å². The maximum Gasteiger partial charge on any atom is 0.311 e. The Morgan fingerprint density at radius 2 is 2.32 bits per heavy atom. The van der Waals surface area contributed by atoms with Gasteiger partial charge < -0.3 is 15.0 Å². The Hall–Kier alpha value is -2.41. The summed E-state index contributed by atoms with van der Waals surface area (Å²) in [5, 5.41) is 10.9. The Morgan fingerprint density at radius 3 is 2.95 bits per heavy atom. The van der Waals surface area contributed by atoms with Crippen molar-refractivity contribution in [1.29, 1.82) is 0 Å². The number of hydrogen-bond donors (Lipinski definition) is 1. The smallest absolute Gasteiger partial charge is 0.311 e. The molecule has 0 radical (unpaired) electrons. The molecule has 0 fully saturated rings. The van der Waals surface area contributed by atoms with E-state index in [2.05, 4.69) is 4.98 Å². The van der Waals surface area contributed by atoms with Gasteiger partial charge >= 0.3 is 5.69 Å². The number of aromatic nitrogens is 2. The predicted molar refractivity (Wildman–Crippen MR) is 68.9 cm³/mol. The van der Waals surface area contributed by atoms with Crippen LogP contribution >= 0.6 is 0 Å². The second-order valence-electron chi connectivity index (χ2n) is 3.94. The van der Waals surface area contributed by atoms with Crippen LogP contribution in [0.3, 0.4) is 0 Å². The molecule has 100 valence electrons. The molecule has 1 heterocycles. The summed E-state index contributed by atoms with van der Waals surface area (Å²) in [5.74, 6) is 0.983. The van der Waals surface area contributed by atoms with Crippen LogP contribution in [0.5, 0.6) is 5.75 Å². The first-order valence-electron chi connectivity index (χ1n) is 5.67. The van der Waals surface area contributed by atoms with E-state index >= 15 is 0 Å². The Kier molecular flexibility index (Phi) is 3.76. The lowest BCUT2D eigenvalue weighted by Gasteiger charge is -2.08. The molecule has 1 aromatic carbocycles. The van der Waals surface area contributed by atoms with Gasteiger partial charge in [0.2, 0.25) is 0 Å². The summed E-state index contributed by atoms with van der Waals surface area (Å²) in [5.41, 5.74) is 6.31. The van der Waals surface area contributed by atoms with Crippen LogP contribution in [0.4, 0.5) is 5.69 Å². The second kappa shape index (κ2) is 5.49. The van der Waals surface area contributed by atoms with E-state index in [1.54, 1.807) is 24.5 Å². The average Bonchev–Trinajstić information content (AvgIpc) is 2.85. The third-order valence-corrected chi connectivity index (χ3v) is 2.78. The number of nitrogens with two attached hydrogens (primary N) is 1. The SMILES string of the molecule is COc1ccc(Cn2ccnc2CN)cc1[N+](=O)[O-]. The number of rotatable bonds is 5. The lowest BCUT2D eigenvalue weighted by molar-refractivity contribution is -0.385. The highest BCUT2D eigenvalue weighted by atomic mass is 16.6. The summed E-state index contributed by atoms with van der Waals surface area (Å²) in [4.78, 5) is 14.6. The van der Waals surface area contributed by atoms with Crippen LogP contribution in [0.25, 0.3) is 0 Å². The molecule has 0 saturated heterocycles. The van der Waals surface area contributed by atoms with Crippen molar-refractivity contribution in [1.82, 2.24) is 9.55 Å². The molecule has 0 aliphatic carbocycles. The van der Waals surface area contributed by atoms with E-state index in [4.69, 9.17) is 10.5 Å². The molecule has 0 aliphatic heterocycles. The van der Waals surface area contributed by atoms with E-state index in [1.807, 2.05) is 4.57 Å². The zero-order valence-electron chi connectivity index (χ0n) is 10.4. The molecule has 19 heavy (non-hydrogen) atoms. The first kappa shape index (κ1) is 13.0. The van der Waals surface area contributed by atoms with E-state index in [-0.39, 0.29) is 11.4 Å². The summed E-state index contributed by atoms with van der Waals surface area (Å²) in [6, 6.07) is 4.87. The van der Waals surface area contributed by atoms with E-state index in [0.29, 0.717) is 13.1 Å². The first-order valence-corrected chi connectivity index (χ1v) is 5.67. The maximum atomic E-state index is 10.9. The van der Waals surface area contributed by atoms with Gasteiger partial charge in [-0.3, -0.25) is 10.1 Å². The molecule has 1 aromatic heterocycles. The van der Waals surface area contributed by atoms with Gasteiger partial charge in [0.1, 0.15) is 5.82 Å². The fourth-order valence-corrected chi connectivity index (χ4v) is 1.85. The van der Waals surface area contributed by atoms with Crippen LogP contribution in [-0.2, 0) is 13.1 Å². The highest BCUT2D eigenvalue weighted by Gasteiger charge is 2.15. The Balaban J connectivity index is 2.31. The molecule has 0 unspecified atom stereocenters. The van der Waals surface area contributed by atoms with Crippen LogP contribution < -0.4 is 10.5 Å². The van der Waals surface area contributed by atoms with Crippen molar-refractivity contribution in [2.24, 2.45) is 5.73 Å². The van der Waals surface area contributed by atoms with E-state index < -0.39 is 4.92 Å². The van der Waals surface area contributed by atoms with Gasteiger partial charge in [-0.15, -0.1) is 0 Å². The van der Waals surface area contributed by atoms with Crippen LogP contribution in [-0.4, -0.2) is 21.6 Å². The van der Waals surface area contributed by atoms with Crippen LogP contribution in [0.15, 0.2) is 30.6 Å². The number of hydrogen-bond acceptors (Lipinski definition) is 5. The standard InChI is InChI=1S/C12H14N4O3/c1-19-11-3-2-9(6-10(11)16(17)18)8-15-5-4-14-12(15)7-13/h2-6H,7-8,13H2,1H3. The number of benzene rings is 1. The minimum atomic E-state index is -0.458. The molecule has 0 bridgehead atoms. The second-order valence-corrected chi connectivity index (χ2v) is 3.94. The van der Waals surface area contributed by atoms with E-state index in [1.165, 1.54) is 13.2 Å². The zero-order valence-corrected chi connectivity index (χ0v) is 10.4. The summed E-state index contributed by atoms with van der Waals surface area (Å²) in [7, 11) is 1.41. The van der Waals surface area contributed by atoms with Gasteiger partial charge in [-0.2, -0.15) is 0 Å². The van der Waals surface area contributed by atoms with Crippen molar-refractivity contribution >= 4 is 5.69 Å². The molecule has 0 aliphatic rings. The number of nitro groups is 1. The number of methoxy groups -OCH3 is 1. The van der Waals surface area contributed by atoms with Gasteiger partial charge in [-0.05, 0) is 11.6 Å². The largest absolute Gasteiger partial charge is 0.490 e. The summed E-state index contributed by atoms with van der Waals surface area (Å²) in [6.07, 6.45) is 3.44. The lowest BCUT2D eigenvalue weighted by atomic mass is 10.2. The maximum absolute atomic E-state index is 10.9. The van der Waals surface area contributed by atoms with Gasteiger partial charge in [-0.1, -0.05) is 6.07 Å². The minimum absolute atomic E-state index is 0.0468. The number of nitrogens with zero attached hydrogens (tertiary/aromatic N) is 3. The Bertz CT molecular complexity index is 594. The molecule has 7 nitrogen and oxygen atoms in total. The van der Waals surface area contributed by atoms with Crippen molar-refractivity contribution in [2.45, 2.75) is 13.1 Å². The molecule has 0 amide bonds. The molecule has 0 spiro atoms. The van der Waals surface area contributed by atoms with Crippen LogP contribution in [0, 0.1) is 10.1 Å². The summed E-state index contributed by atoms with van der Waals surface area (Å²) >= 11 is 0. The van der Waals surface area contributed by atoms with Crippen molar-refractivity contribution in [2.75, 3.05) is 7.11 Å². The summed E-state index contributed by atoms with van der Waals surface area (Å²) in [6.45, 7) is 0.808. The lowest BCUT2D eigenvalue weighted by Crippen LogP contribution is -2.09. The monoisotopic (exact) mass is 262 g/mol. The van der Waals surface area contributed by atoms with Crippen molar-refractivity contribution in [3.8, 4) is 5.75 Å². The average molecular weight is 262 g/mol. The fourth-order valence-electron chi connectivity index (χ4n) is 1.85. The minimum Gasteiger partial charge on any atom is -0.490 e. The summed E-state index contributed by atoms with van der Waals surface area (Å²) < 4.78 is 6.81. The molecule has 2 N–H and O–H groups in total. The van der Waals surface area contributed by atoms with Crippen LogP contribution in [0.1, 0.15) is 11.4 Å². The quantitative estimate of drug-likeness (QED) is 0.647. The van der Waals surface area contributed by atoms with E-state index in [9.17, 15) is 10.1 Å². The van der Waals surface area contributed by atoms with Crippen molar-refractivity contribution in [3.63, 3.8) is 0 Å². The topological polar surface area (TPSA) is 96.2 Å². The molecule has 7 heteroatoms. The first-order chi connectivity index (χ1) is 9.15. The third kappa shape index (κ3) is 2.71. The normalized spacial score (nSPS) is 10.4. The number of nitro benzene ring substituents is 1. The molecule has 2 rings (SSSR count). The van der Waals surface area contributed by atoms with Gasteiger partial charge in [0.05, 0.1) is 18.6 Å².